The Hall–Kier alpha value is -0.810. The van der Waals surface area contributed by atoms with Gasteiger partial charge in [0.05, 0.1) is 17.8 Å². The number of likely N-dealkylation sites (tertiary alicyclic amines) is 1. The van der Waals surface area contributed by atoms with Crippen molar-refractivity contribution in [2.45, 2.75) is 57.8 Å². The smallest absolute Gasteiger partial charge is 0.317 e. The summed E-state index contributed by atoms with van der Waals surface area (Å²) < 4.78 is 11.3. The minimum atomic E-state index is -0.0445. The SMILES string of the molecule is COC1CN(C(=O)NCC2CCC(C)(C)O2)CCC1C. The van der Waals surface area contributed by atoms with Gasteiger partial charge in [-0.3, -0.25) is 0 Å². The highest BCUT2D eigenvalue weighted by Crippen LogP contribution is 2.28. The first-order valence-corrected chi connectivity index (χ1v) is 7.64. The van der Waals surface area contributed by atoms with Gasteiger partial charge in [-0.2, -0.15) is 0 Å². The zero-order valence-corrected chi connectivity index (χ0v) is 13.1. The maximum absolute atomic E-state index is 12.2. The molecule has 0 bridgehead atoms. The lowest BCUT2D eigenvalue weighted by atomic mass is 9.96. The van der Waals surface area contributed by atoms with Crippen LogP contribution in [0.15, 0.2) is 0 Å². The largest absolute Gasteiger partial charge is 0.379 e. The first-order valence-electron chi connectivity index (χ1n) is 7.64. The molecule has 5 heteroatoms. The van der Waals surface area contributed by atoms with Crippen LogP contribution in [0.25, 0.3) is 0 Å². The van der Waals surface area contributed by atoms with E-state index in [1.165, 1.54) is 0 Å². The summed E-state index contributed by atoms with van der Waals surface area (Å²) in [5.74, 6) is 0.517. The van der Waals surface area contributed by atoms with Gasteiger partial charge < -0.3 is 19.7 Å². The summed E-state index contributed by atoms with van der Waals surface area (Å²) in [4.78, 5) is 14.0. The van der Waals surface area contributed by atoms with E-state index in [2.05, 4.69) is 26.1 Å². The number of amides is 2. The summed E-state index contributed by atoms with van der Waals surface area (Å²) in [6.07, 6.45) is 3.37. The van der Waals surface area contributed by atoms with Gasteiger partial charge >= 0.3 is 6.03 Å². The Balaban J connectivity index is 1.75. The van der Waals surface area contributed by atoms with Gasteiger partial charge in [0.25, 0.3) is 0 Å². The number of carbonyl (C=O) groups is 1. The van der Waals surface area contributed by atoms with E-state index in [4.69, 9.17) is 9.47 Å². The molecular weight excluding hydrogens is 256 g/mol. The van der Waals surface area contributed by atoms with Crippen molar-refractivity contribution in [1.82, 2.24) is 10.2 Å². The second kappa shape index (κ2) is 6.31. The molecule has 2 rings (SSSR count). The number of nitrogens with zero attached hydrogens (tertiary/aromatic N) is 1. The van der Waals surface area contributed by atoms with Gasteiger partial charge in [-0.25, -0.2) is 4.79 Å². The Kier molecular flexibility index (Phi) is 4.91. The molecule has 2 amide bonds. The molecule has 5 nitrogen and oxygen atoms in total. The molecule has 2 fully saturated rings. The predicted octanol–water partition coefficient (Wildman–Crippen LogP) is 2.01. The Morgan fingerprint density at radius 1 is 1.45 bits per heavy atom. The van der Waals surface area contributed by atoms with Crippen molar-refractivity contribution in [3.05, 3.63) is 0 Å². The molecule has 0 saturated carbocycles. The standard InChI is InChI=1S/C15H28N2O3/c1-11-6-8-17(10-13(11)19-4)14(18)16-9-12-5-7-15(2,3)20-12/h11-13H,5-10H2,1-4H3,(H,16,18). The molecule has 3 unspecified atom stereocenters. The Morgan fingerprint density at radius 3 is 2.80 bits per heavy atom. The van der Waals surface area contributed by atoms with E-state index in [-0.39, 0.29) is 23.8 Å². The fourth-order valence-corrected chi connectivity index (χ4v) is 3.06. The van der Waals surface area contributed by atoms with Crippen LogP contribution in [0.3, 0.4) is 0 Å². The Labute approximate surface area is 122 Å². The van der Waals surface area contributed by atoms with Crippen molar-refractivity contribution in [2.75, 3.05) is 26.7 Å². The van der Waals surface area contributed by atoms with Crippen molar-refractivity contribution in [3.63, 3.8) is 0 Å². The molecule has 2 saturated heterocycles. The number of rotatable bonds is 3. The highest BCUT2D eigenvalue weighted by atomic mass is 16.5. The Bertz CT molecular complexity index is 346. The number of hydrogen-bond acceptors (Lipinski definition) is 3. The van der Waals surface area contributed by atoms with Gasteiger partial charge in [0.2, 0.25) is 0 Å². The van der Waals surface area contributed by atoms with E-state index in [9.17, 15) is 4.79 Å². The summed E-state index contributed by atoms with van der Waals surface area (Å²) in [6.45, 7) is 8.47. The molecule has 2 aliphatic rings. The second-order valence-corrected chi connectivity index (χ2v) is 6.71. The minimum absolute atomic E-state index is 0.00672. The summed E-state index contributed by atoms with van der Waals surface area (Å²) in [6, 6.07) is 0.00672. The molecule has 1 N–H and O–H groups in total. The number of hydrogen-bond donors (Lipinski definition) is 1. The fourth-order valence-electron chi connectivity index (χ4n) is 3.06. The number of ether oxygens (including phenoxy) is 2. The van der Waals surface area contributed by atoms with Gasteiger partial charge in [0.15, 0.2) is 0 Å². The summed E-state index contributed by atoms with van der Waals surface area (Å²) in [5.41, 5.74) is -0.0445. The lowest BCUT2D eigenvalue weighted by Gasteiger charge is -2.36. The first-order chi connectivity index (χ1) is 9.41. The van der Waals surface area contributed by atoms with Gasteiger partial charge in [0, 0.05) is 26.7 Å². The van der Waals surface area contributed by atoms with Crippen molar-refractivity contribution >= 4 is 6.03 Å². The normalized spacial score (nSPS) is 33.2. The molecule has 20 heavy (non-hydrogen) atoms. The van der Waals surface area contributed by atoms with Gasteiger partial charge in [0.1, 0.15) is 0 Å². The molecule has 0 spiro atoms. The molecule has 116 valence electrons. The van der Waals surface area contributed by atoms with Crippen LogP contribution < -0.4 is 5.32 Å². The monoisotopic (exact) mass is 284 g/mol. The molecule has 0 aromatic carbocycles. The molecule has 3 atom stereocenters. The highest BCUT2D eigenvalue weighted by Gasteiger charge is 2.33. The van der Waals surface area contributed by atoms with E-state index in [0.29, 0.717) is 19.0 Å². The molecular formula is C15H28N2O3. The maximum atomic E-state index is 12.2. The van der Waals surface area contributed by atoms with E-state index < -0.39 is 0 Å². The third kappa shape index (κ3) is 3.85. The third-order valence-electron chi connectivity index (χ3n) is 4.51. The van der Waals surface area contributed by atoms with Crippen molar-refractivity contribution in [2.24, 2.45) is 5.92 Å². The van der Waals surface area contributed by atoms with E-state index in [1.807, 2.05) is 4.90 Å². The van der Waals surface area contributed by atoms with Crippen LogP contribution in [0.5, 0.6) is 0 Å². The number of nitrogens with one attached hydrogen (secondary N) is 1. The summed E-state index contributed by atoms with van der Waals surface area (Å²) in [7, 11) is 1.72. The first kappa shape index (κ1) is 15.6. The predicted molar refractivity (Wildman–Crippen MR) is 77.7 cm³/mol. The number of methoxy groups -OCH3 is 1. The Morgan fingerprint density at radius 2 is 2.20 bits per heavy atom. The van der Waals surface area contributed by atoms with E-state index in [0.717, 1.165) is 25.8 Å². The van der Waals surface area contributed by atoms with Crippen LogP contribution in [0.2, 0.25) is 0 Å². The molecule has 0 aromatic heterocycles. The van der Waals surface area contributed by atoms with Crippen LogP contribution in [0, 0.1) is 5.92 Å². The van der Waals surface area contributed by atoms with Crippen molar-refractivity contribution in [3.8, 4) is 0 Å². The third-order valence-corrected chi connectivity index (χ3v) is 4.51. The van der Waals surface area contributed by atoms with Crippen LogP contribution in [0.1, 0.15) is 40.0 Å². The van der Waals surface area contributed by atoms with E-state index in [1.54, 1.807) is 7.11 Å². The van der Waals surface area contributed by atoms with Gasteiger partial charge in [-0.15, -0.1) is 0 Å². The topological polar surface area (TPSA) is 50.8 Å². The lowest BCUT2D eigenvalue weighted by molar-refractivity contribution is -0.0151. The zero-order chi connectivity index (χ0) is 14.8. The number of carbonyl (C=O) groups excluding carboxylic acids is 1. The van der Waals surface area contributed by atoms with E-state index >= 15 is 0 Å². The summed E-state index contributed by atoms with van der Waals surface area (Å²) >= 11 is 0. The van der Waals surface area contributed by atoms with Crippen molar-refractivity contribution in [1.29, 1.82) is 0 Å². The molecule has 0 aliphatic carbocycles. The second-order valence-electron chi connectivity index (χ2n) is 6.71. The minimum Gasteiger partial charge on any atom is -0.379 e. The average Bonchev–Trinajstić information content (AvgIpc) is 2.76. The van der Waals surface area contributed by atoms with Crippen LogP contribution >= 0.6 is 0 Å². The fraction of sp³-hybridized carbons (Fsp3) is 0.933. The van der Waals surface area contributed by atoms with Crippen LogP contribution in [-0.2, 0) is 9.47 Å². The average molecular weight is 284 g/mol. The number of urea groups is 1. The highest BCUT2D eigenvalue weighted by molar-refractivity contribution is 5.74. The van der Waals surface area contributed by atoms with Crippen molar-refractivity contribution < 1.29 is 14.3 Å². The molecule has 0 aromatic rings. The quantitative estimate of drug-likeness (QED) is 0.862. The maximum Gasteiger partial charge on any atom is 0.317 e. The summed E-state index contributed by atoms with van der Waals surface area (Å²) in [5, 5.41) is 3.00. The van der Waals surface area contributed by atoms with Gasteiger partial charge in [-0.05, 0) is 39.0 Å². The molecule has 2 aliphatic heterocycles. The van der Waals surface area contributed by atoms with Gasteiger partial charge in [-0.1, -0.05) is 6.92 Å². The molecule has 2 heterocycles. The van der Waals surface area contributed by atoms with Crippen LogP contribution in [0.4, 0.5) is 4.79 Å². The molecule has 0 radical (unpaired) electrons. The number of piperidine rings is 1. The van der Waals surface area contributed by atoms with Crippen LogP contribution in [-0.4, -0.2) is 55.5 Å². The zero-order valence-electron chi connectivity index (χ0n) is 13.1. The lowest BCUT2D eigenvalue weighted by Crippen LogP contribution is -2.51.